The van der Waals surface area contributed by atoms with E-state index in [1.54, 1.807) is 0 Å². The minimum Gasteiger partial charge on any atom is -0.399 e. The molecule has 0 N–H and O–H groups in total. The van der Waals surface area contributed by atoms with Crippen LogP contribution in [0.5, 0.6) is 5.75 Å². The summed E-state index contributed by atoms with van der Waals surface area (Å²) in [5.41, 5.74) is -0.801. The summed E-state index contributed by atoms with van der Waals surface area (Å²) in [5.74, 6) is -6.12. The van der Waals surface area contributed by atoms with E-state index in [0.29, 0.717) is 36.0 Å². The maximum Gasteiger partial charge on any atom is 0.573 e. The lowest BCUT2D eigenvalue weighted by atomic mass is 9.77. The molecular formula is C25H27F7O. The van der Waals surface area contributed by atoms with Crippen LogP contribution in [-0.2, 0) is 6.42 Å². The molecule has 0 amide bonds. The molecule has 0 unspecified atom stereocenters. The monoisotopic (exact) mass is 476 g/mol. The first-order chi connectivity index (χ1) is 15.6. The second-order valence-corrected chi connectivity index (χ2v) is 8.84. The van der Waals surface area contributed by atoms with Crippen LogP contribution in [0.2, 0.25) is 0 Å². The molecule has 1 nitrogen and oxygen atoms in total. The average molecular weight is 476 g/mol. The Hall–Kier alpha value is -2.25. The highest BCUT2D eigenvalue weighted by molar-refractivity contribution is 5.66. The minimum absolute atomic E-state index is 0.311. The molecule has 0 spiro atoms. The number of halogens is 7. The van der Waals surface area contributed by atoms with E-state index >= 15 is 0 Å². The molecule has 0 aromatic heterocycles. The van der Waals surface area contributed by atoms with Gasteiger partial charge >= 0.3 is 6.36 Å². The first kappa shape index (κ1) is 25.4. The molecule has 2 aromatic carbocycles. The smallest absolute Gasteiger partial charge is 0.399 e. The molecule has 0 bridgehead atoms. The Morgan fingerprint density at radius 1 is 0.788 bits per heavy atom. The Morgan fingerprint density at radius 3 is 1.85 bits per heavy atom. The van der Waals surface area contributed by atoms with E-state index in [-0.39, 0.29) is 0 Å². The van der Waals surface area contributed by atoms with Crippen molar-refractivity contribution in [3.63, 3.8) is 0 Å². The van der Waals surface area contributed by atoms with Gasteiger partial charge in [-0.3, -0.25) is 0 Å². The van der Waals surface area contributed by atoms with Crippen molar-refractivity contribution in [2.75, 3.05) is 0 Å². The molecule has 1 saturated carbocycles. The maximum atomic E-state index is 14.7. The quantitative estimate of drug-likeness (QED) is 0.273. The van der Waals surface area contributed by atoms with Crippen molar-refractivity contribution in [1.82, 2.24) is 0 Å². The van der Waals surface area contributed by atoms with Gasteiger partial charge in [0.05, 0.1) is 5.56 Å². The molecule has 2 aromatic rings. The summed E-state index contributed by atoms with van der Waals surface area (Å²) in [6.45, 7) is 2.17. The van der Waals surface area contributed by atoms with Crippen molar-refractivity contribution in [3.8, 4) is 16.9 Å². The van der Waals surface area contributed by atoms with Crippen molar-refractivity contribution in [2.24, 2.45) is 11.8 Å². The van der Waals surface area contributed by atoms with Crippen LogP contribution in [0.1, 0.15) is 63.9 Å². The van der Waals surface area contributed by atoms with Crippen LogP contribution in [0.25, 0.3) is 11.1 Å². The molecule has 1 aliphatic rings. The van der Waals surface area contributed by atoms with E-state index < -0.39 is 46.5 Å². The Morgan fingerprint density at radius 2 is 1.33 bits per heavy atom. The molecule has 8 heteroatoms. The molecule has 0 atom stereocenters. The van der Waals surface area contributed by atoms with Gasteiger partial charge in [-0.15, -0.1) is 13.2 Å². The number of alkyl halides is 3. The second-order valence-electron chi connectivity index (χ2n) is 8.84. The molecule has 0 aliphatic heterocycles. The SMILES string of the molecule is CCCCCC1CCC(Cc2cc(F)c(-c3cc(F)c(OC(F)(F)F)c(F)c3)c(F)c2)CC1. The number of rotatable bonds is 8. The third-order valence-corrected chi connectivity index (χ3v) is 6.31. The number of ether oxygens (including phenoxy) is 1. The third-order valence-electron chi connectivity index (χ3n) is 6.31. The summed E-state index contributed by atoms with van der Waals surface area (Å²) in [6, 6.07) is 3.10. The fourth-order valence-electron chi connectivity index (χ4n) is 4.68. The highest BCUT2D eigenvalue weighted by atomic mass is 19.4. The topological polar surface area (TPSA) is 9.23 Å². The maximum absolute atomic E-state index is 14.7. The van der Waals surface area contributed by atoms with Crippen molar-refractivity contribution in [3.05, 3.63) is 53.1 Å². The van der Waals surface area contributed by atoms with Gasteiger partial charge in [-0.1, -0.05) is 45.4 Å². The van der Waals surface area contributed by atoms with Crippen molar-refractivity contribution >= 4 is 0 Å². The highest BCUT2D eigenvalue weighted by Crippen LogP contribution is 2.37. The van der Waals surface area contributed by atoms with E-state index in [1.807, 2.05) is 0 Å². The third kappa shape index (κ3) is 6.87. The zero-order chi connectivity index (χ0) is 24.2. The molecule has 182 valence electrons. The lowest BCUT2D eigenvalue weighted by Crippen LogP contribution is -2.19. The molecule has 1 aliphatic carbocycles. The number of hydrogen-bond acceptors (Lipinski definition) is 1. The molecule has 0 saturated heterocycles. The first-order valence-electron chi connectivity index (χ1n) is 11.3. The predicted molar refractivity (Wildman–Crippen MR) is 112 cm³/mol. The summed E-state index contributed by atoms with van der Waals surface area (Å²) >= 11 is 0. The van der Waals surface area contributed by atoms with E-state index in [4.69, 9.17) is 0 Å². The Bertz CT molecular complexity index is 900. The van der Waals surface area contributed by atoms with Crippen LogP contribution in [0.15, 0.2) is 24.3 Å². The van der Waals surface area contributed by atoms with E-state index in [0.717, 1.165) is 37.8 Å². The van der Waals surface area contributed by atoms with Crippen LogP contribution < -0.4 is 4.74 Å². The van der Waals surface area contributed by atoms with Crippen molar-refractivity contribution in [2.45, 2.75) is 71.1 Å². The fraction of sp³-hybridized carbons (Fsp3) is 0.520. The van der Waals surface area contributed by atoms with Crippen molar-refractivity contribution < 1.29 is 35.5 Å². The summed E-state index contributed by atoms with van der Waals surface area (Å²) in [4.78, 5) is 0. The first-order valence-corrected chi connectivity index (χ1v) is 11.3. The van der Waals surface area contributed by atoms with Gasteiger partial charge in [-0.25, -0.2) is 17.6 Å². The lowest BCUT2D eigenvalue weighted by molar-refractivity contribution is -0.276. The van der Waals surface area contributed by atoms with Gasteiger partial charge in [0.15, 0.2) is 11.6 Å². The minimum atomic E-state index is -5.31. The Balaban J connectivity index is 1.71. The van der Waals surface area contributed by atoms with Gasteiger partial charge in [0, 0.05) is 0 Å². The van der Waals surface area contributed by atoms with Crippen LogP contribution in [-0.4, -0.2) is 6.36 Å². The van der Waals surface area contributed by atoms with Crippen LogP contribution >= 0.6 is 0 Å². The molecular weight excluding hydrogens is 449 g/mol. The zero-order valence-corrected chi connectivity index (χ0v) is 18.4. The second kappa shape index (κ2) is 10.8. The Kier molecular flexibility index (Phi) is 8.29. The molecule has 0 radical (unpaired) electrons. The van der Waals surface area contributed by atoms with Crippen LogP contribution in [0.4, 0.5) is 30.7 Å². The molecule has 0 heterocycles. The van der Waals surface area contributed by atoms with Gasteiger partial charge in [0.2, 0.25) is 5.75 Å². The van der Waals surface area contributed by atoms with Crippen molar-refractivity contribution in [1.29, 1.82) is 0 Å². The number of hydrogen-bond donors (Lipinski definition) is 0. The normalized spacial score (nSPS) is 19.0. The van der Waals surface area contributed by atoms with Crippen LogP contribution in [0, 0.1) is 35.1 Å². The number of unbranched alkanes of at least 4 members (excludes halogenated alkanes) is 2. The average Bonchev–Trinajstić information content (AvgIpc) is 2.71. The van der Waals surface area contributed by atoms with Gasteiger partial charge < -0.3 is 4.74 Å². The summed E-state index contributed by atoms with van der Waals surface area (Å²) < 4.78 is 97.7. The van der Waals surface area contributed by atoms with E-state index in [2.05, 4.69) is 11.7 Å². The summed E-state index contributed by atoms with van der Waals surface area (Å²) in [5, 5.41) is 0. The number of benzene rings is 2. The predicted octanol–water partition coefficient (Wildman–Crippen LogP) is 8.74. The largest absolute Gasteiger partial charge is 0.573 e. The fourth-order valence-corrected chi connectivity index (χ4v) is 4.68. The standard InChI is InChI=1S/C25H27F7O/c1-2-3-4-5-15-6-8-16(9-7-15)10-17-11-19(26)23(20(27)12-17)18-13-21(28)24(22(29)14-18)33-25(30,31)32/h11-16H,2-10H2,1H3. The summed E-state index contributed by atoms with van der Waals surface area (Å²) in [6.07, 6.45) is 4.23. The van der Waals surface area contributed by atoms with Gasteiger partial charge in [-0.2, -0.15) is 0 Å². The Labute approximate surface area is 188 Å². The molecule has 33 heavy (non-hydrogen) atoms. The molecule has 1 fully saturated rings. The van der Waals surface area contributed by atoms with Gasteiger partial charge in [0.1, 0.15) is 11.6 Å². The summed E-state index contributed by atoms with van der Waals surface area (Å²) in [7, 11) is 0. The lowest BCUT2D eigenvalue weighted by Gasteiger charge is -2.28. The van der Waals surface area contributed by atoms with Gasteiger partial charge in [0.25, 0.3) is 0 Å². The van der Waals surface area contributed by atoms with Crippen LogP contribution in [0.3, 0.4) is 0 Å². The van der Waals surface area contributed by atoms with E-state index in [9.17, 15) is 30.7 Å². The molecule has 3 rings (SSSR count). The van der Waals surface area contributed by atoms with Gasteiger partial charge in [-0.05, 0) is 66.5 Å². The zero-order valence-electron chi connectivity index (χ0n) is 18.4. The van der Waals surface area contributed by atoms with E-state index in [1.165, 1.54) is 25.7 Å². The highest BCUT2D eigenvalue weighted by Gasteiger charge is 2.34.